The molecule has 0 radical (unpaired) electrons. The van der Waals surface area contributed by atoms with Crippen molar-refractivity contribution in [2.45, 2.75) is 32.8 Å². The highest BCUT2D eigenvalue weighted by Gasteiger charge is 2.26. The summed E-state index contributed by atoms with van der Waals surface area (Å²) in [4.78, 5) is 0. The molecule has 1 heterocycles. The van der Waals surface area contributed by atoms with Crippen molar-refractivity contribution in [1.29, 1.82) is 0 Å². The Hall–Kier alpha value is -0.0800. The van der Waals surface area contributed by atoms with Crippen molar-refractivity contribution < 1.29 is 4.74 Å². The second kappa shape index (κ2) is 4.07. The van der Waals surface area contributed by atoms with Crippen LogP contribution >= 0.6 is 0 Å². The normalized spacial score (nSPS) is 32.7. The van der Waals surface area contributed by atoms with Crippen LogP contribution in [0, 0.1) is 11.8 Å². The van der Waals surface area contributed by atoms with Gasteiger partial charge in [0, 0.05) is 6.61 Å². The Morgan fingerprint density at radius 2 is 2.27 bits per heavy atom. The molecule has 66 valence electrons. The topological polar surface area (TPSA) is 35.2 Å². The maximum atomic E-state index is 5.66. The lowest BCUT2D eigenvalue weighted by Gasteiger charge is -2.33. The highest BCUT2D eigenvalue weighted by Crippen LogP contribution is 2.24. The van der Waals surface area contributed by atoms with Gasteiger partial charge in [-0.05, 0) is 31.2 Å². The van der Waals surface area contributed by atoms with Crippen molar-refractivity contribution in [2.75, 3.05) is 13.2 Å². The molecule has 0 aromatic heterocycles. The Morgan fingerprint density at radius 3 is 2.73 bits per heavy atom. The molecule has 1 fully saturated rings. The number of nitrogens with two attached hydrogens (primary N) is 1. The van der Waals surface area contributed by atoms with Gasteiger partial charge in [0.25, 0.3) is 0 Å². The van der Waals surface area contributed by atoms with Crippen molar-refractivity contribution in [3.05, 3.63) is 0 Å². The molecule has 0 aliphatic carbocycles. The van der Waals surface area contributed by atoms with Crippen LogP contribution in [0.25, 0.3) is 0 Å². The third-order valence-corrected chi connectivity index (χ3v) is 2.45. The van der Waals surface area contributed by atoms with Crippen molar-refractivity contribution in [3.8, 4) is 0 Å². The summed E-state index contributed by atoms with van der Waals surface area (Å²) in [5, 5.41) is 0. The average molecular weight is 157 g/mol. The molecule has 1 aliphatic rings. The van der Waals surface area contributed by atoms with Crippen molar-refractivity contribution in [2.24, 2.45) is 17.6 Å². The summed E-state index contributed by atoms with van der Waals surface area (Å²) < 4.78 is 5.66. The number of hydrogen-bond acceptors (Lipinski definition) is 2. The molecule has 2 atom stereocenters. The Labute approximate surface area is 69.1 Å². The van der Waals surface area contributed by atoms with Gasteiger partial charge in [0.15, 0.2) is 0 Å². The minimum atomic E-state index is 0.411. The van der Waals surface area contributed by atoms with Crippen LogP contribution in [0.2, 0.25) is 0 Å². The molecule has 2 unspecified atom stereocenters. The van der Waals surface area contributed by atoms with Crippen LogP contribution in [0.3, 0.4) is 0 Å². The monoisotopic (exact) mass is 157 g/mol. The summed E-state index contributed by atoms with van der Waals surface area (Å²) in [6, 6.07) is 0. The van der Waals surface area contributed by atoms with Gasteiger partial charge in [-0.3, -0.25) is 0 Å². The largest absolute Gasteiger partial charge is 0.378 e. The Bertz CT molecular complexity index is 114. The van der Waals surface area contributed by atoms with Gasteiger partial charge < -0.3 is 10.5 Å². The van der Waals surface area contributed by atoms with Gasteiger partial charge in [0.2, 0.25) is 0 Å². The summed E-state index contributed by atoms with van der Waals surface area (Å²) in [6.07, 6.45) is 2.85. The Morgan fingerprint density at radius 1 is 1.55 bits per heavy atom. The minimum absolute atomic E-state index is 0.411. The van der Waals surface area contributed by atoms with Crippen LogP contribution in [0.4, 0.5) is 0 Å². The molecule has 0 spiro atoms. The summed E-state index contributed by atoms with van der Waals surface area (Å²) >= 11 is 0. The first-order valence-electron chi connectivity index (χ1n) is 4.57. The standard InChI is InChI=1S/C9H19NO/c1-7(2)9-8(6-10)4-3-5-11-9/h7-9H,3-6,10H2,1-2H3. The molecular formula is C9H19NO. The fourth-order valence-electron chi connectivity index (χ4n) is 1.85. The summed E-state index contributed by atoms with van der Waals surface area (Å²) in [6.45, 7) is 6.12. The van der Waals surface area contributed by atoms with Crippen LogP contribution in [0.15, 0.2) is 0 Å². The quantitative estimate of drug-likeness (QED) is 0.657. The maximum Gasteiger partial charge on any atom is 0.0638 e. The molecule has 11 heavy (non-hydrogen) atoms. The van der Waals surface area contributed by atoms with E-state index in [0.717, 1.165) is 13.2 Å². The summed E-state index contributed by atoms with van der Waals surface area (Å²) in [5.41, 5.74) is 5.65. The molecular weight excluding hydrogens is 138 g/mol. The van der Waals surface area contributed by atoms with E-state index in [-0.39, 0.29) is 0 Å². The van der Waals surface area contributed by atoms with E-state index in [0.29, 0.717) is 17.9 Å². The zero-order valence-corrected chi connectivity index (χ0v) is 7.55. The number of ether oxygens (including phenoxy) is 1. The molecule has 0 aromatic rings. The second-order valence-corrected chi connectivity index (χ2v) is 3.72. The van der Waals surface area contributed by atoms with Gasteiger partial charge in [-0.25, -0.2) is 0 Å². The van der Waals surface area contributed by atoms with E-state index in [9.17, 15) is 0 Å². The van der Waals surface area contributed by atoms with Crippen LogP contribution < -0.4 is 5.73 Å². The maximum absolute atomic E-state index is 5.66. The molecule has 1 aliphatic heterocycles. The van der Waals surface area contributed by atoms with Crippen LogP contribution in [-0.4, -0.2) is 19.3 Å². The highest BCUT2D eigenvalue weighted by atomic mass is 16.5. The van der Waals surface area contributed by atoms with Gasteiger partial charge in [-0.15, -0.1) is 0 Å². The van der Waals surface area contributed by atoms with E-state index in [2.05, 4.69) is 13.8 Å². The van der Waals surface area contributed by atoms with E-state index in [4.69, 9.17) is 10.5 Å². The van der Waals surface area contributed by atoms with Crippen LogP contribution in [0.5, 0.6) is 0 Å². The third kappa shape index (κ3) is 2.17. The molecule has 2 heteroatoms. The molecule has 0 aromatic carbocycles. The zero-order valence-electron chi connectivity index (χ0n) is 7.55. The zero-order chi connectivity index (χ0) is 8.27. The average Bonchev–Trinajstić information content (AvgIpc) is 2.04. The van der Waals surface area contributed by atoms with Gasteiger partial charge >= 0.3 is 0 Å². The molecule has 2 nitrogen and oxygen atoms in total. The fraction of sp³-hybridized carbons (Fsp3) is 1.00. The first kappa shape index (κ1) is 9.01. The van der Waals surface area contributed by atoms with Gasteiger partial charge in [-0.2, -0.15) is 0 Å². The predicted octanol–water partition coefficient (Wildman–Crippen LogP) is 1.40. The van der Waals surface area contributed by atoms with E-state index >= 15 is 0 Å². The Balaban J connectivity index is 2.44. The smallest absolute Gasteiger partial charge is 0.0638 e. The second-order valence-electron chi connectivity index (χ2n) is 3.72. The van der Waals surface area contributed by atoms with E-state index in [1.807, 2.05) is 0 Å². The van der Waals surface area contributed by atoms with Crippen molar-refractivity contribution in [3.63, 3.8) is 0 Å². The predicted molar refractivity (Wildman–Crippen MR) is 46.4 cm³/mol. The fourth-order valence-corrected chi connectivity index (χ4v) is 1.85. The van der Waals surface area contributed by atoms with Crippen LogP contribution in [-0.2, 0) is 4.74 Å². The summed E-state index contributed by atoms with van der Waals surface area (Å²) in [7, 11) is 0. The number of rotatable bonds is 2. The van der Waals surface area contributed by atoms with Gasteiger partial charge in [0.05, 0.1) is 6.10 Å². The molecule has 0 amide bonds. The minimum Gasteiger partial charge on any atom is -0.378 e. The lowest BCUT2D eigenvalue weighted by molar-refractivity contribution is -0.0492. The lowest BCUT2D eigenvalue weighted by atomic mass is 9.88. The van der Waals surface area contributed by atoms with Crippen molar-refractivity contribution in [1.82, 2.24) is 0 Å². The van der Waals surface area contributed by atoms with E-state index in [1.165, 1.54) is 12.8 Å². The summed E-state index contributed by atoms with van der Waals surface area (Å²) in [5.74, 6) is 1.22. The van der Waals surface area contributed by atoms with Crippen LogP contribution in [0.1, 0.15) is 26.7 Å². The molecule has 2 N–H and O–H groups in total. The molecule has 0 saturated carbocycles. The van der Waals surface area contributed by atoms with Gasteiger partial charge in [-0.1, -0.05) is 13.8 Å². The molecule has 1 saturated heterocycles. The molecule has 0 bridgehead atoms. The van der Waals surface area contributed by atoms with E-state index in [1.54, 1.807) is 0 Å². The first-order valence-corrected chi connectivity index (χ1v) is 4.57. The van der Waals surface area contributed by atoms with E-state index < -0.39 is 0 Å². The molecule has 1 rings (SSSR count). The third-order valence-electron chi connectivity index (χ3n) is 2.45. The first-order chi connectivity index (χ1) is 5.25. The lowest BCUT2D eigenvalue weighted by Crippen LogP contribution is -2.37. The SMILES string of the molecule is CC(C)C1OCCCC1CN. The Kier molecular flexibility index (Phi) is 3.34. The van der Waals surface area contributed by atoms with Crippen molar-refractivity contribution >= 4 is 0 Å². The highest BCUT2D eigenvalue weighted by molar-refractivity contribution is 4.77. The number of hydrogen-bond donors (Lipinski definition) is 1. The van der Waals surface area contributed by atoms with Gasteiger partial charge in [0.1, 0.15) is 0 Å².